The first-order valence-corrected chi connectivity index (χ1v) is 6.45. The zero-order chi connectivity index (χ0) is 13.1. The first-order chi connectivity index (χ1) is 8.59. The number of halogens is 2. The fourth-order valence-electron chi connectivity index (χ4n) is 2.13. The molecule has 0 N–H and O–H groups in total. The van der Waals surface area contributed by atoms with Crippen LogP contribution in [0.15, 0.2) is 24.3 Å². The Morgan fingerprint density at radius 3 is 2.44 bits per heavy atom. The van der Waals surface area contributed by atoms with E-state index >= 15 is 0 Å². The number of benzene rings is 1. The Morgan fingerprint density at radius 2 is 1.89 bits per heavy atom. The van der Waals surface area contributed by atoms with Crippen molar-refractivity contribution in [1.29, 1.82) is 0 Å². The number of rotatable bonds is 2. The quantitative estimate of drug-likeness (QED) is 0.769. The van der Waals surface area contributed by atoms with Gasteiger partial charge in [0.15, 0.2) is 0 Å². The van der Waals surface area contributed by atoms with Crippen LogP contribution >= 0.6 is 11.6 Å². The van der Waals surface area contributed by atoms with E-state index in [-0.39, 0.29) is 11.7 Å². The van der Waals surface area contributed by atoms with E-state index in [2.05, 4.69) is 0 Å². The molecule has 98 valence electrons. The highest BCUT2D eigenvalue weighted by Gasteiger charge is 2.24. The number of para-hydroxylation sites is 1. The maximum absolute atomic E-state index is 13.6. The molecule has 1 aromatic carbocycles. The number of amides is 1. The van der Waals surface area contributed by atoms with Crippen LogP contribution in [0.25, 0.3) is 0 Å². The smallest absolute Gasteiger partial charge is 0.240 e. The van der Waals surface area contributed by atoms with Crippen LogP contribution < -0.4 is 4.90 Å². The number of piperazine rings is 1. The summed E-state index contributed by atoms with van der Waals surface area (Å²) >= 11 is 5.78. The Morgan fingerprint density at radius 1 is 1.28 bits per heavy atom. The second-order valence-electron chi connectivity index (χ2n) is 4.38. The van der Waals surface area contributed by atoms with Gasteiger partial charge in [-0.3, -0.25) is 4.79 Å². The number of nitrogens with zero attached hydrogens (tertiary/aromatic N) is 2. The molecule has 5 heteroatoms. The molecule has 0 aromatic heterocycles. The molecule has 2 rings (SSSR count). The molecule has 1 fully saturated rings. The van der Waals surface area contributed by atoms with Crippen LogP contribution in [-0.4, -0.2) is 42.4 Å². The van der Waals surface area contributed by atoms with Crippen molar-refractivity contribution in [3.05, 3.63) is 30.1 Å². The number of carbonyl (C=O) groups is 1. The van der Waals surface area contributed by atoms with Crippen LogP contribution in [0, 0.1) is 5.82 Å². The molecular weight excluding hydrogens is 255 g/mol. The molecule has 1 aromatic rings. The average molecular weight is 271 g/mol. The van der Waals surface area contributed by atoms with E-state index in [0.29, 0.717) is 31.9 Å². The monoisotopic (exact) mass is 270 g/mol. The van der Waals surface area contributed by atoms with Crippen molar-refractivity contribution in [1.82, 2.24) is 4.90 Å². The highest BCUT2D eigenvalue weighted by molar-refractivity contribution is 6.30. The molecule has 0 radical (unpaired) electrons. The number of hydrogen-bond acceptors (Lipinski definition) is 2. The summed E-state index contributed by atoms with van der Waals surface area (Å²) in [5.41, 5.74) is 0.600. The number of hydrogen-bond donors (Lipinski definition) is 0. The molecule has 0 unspecified atom stereocenters. The summed E-state index contributed by atoms with van der Waals surface area (Å²) in [4.78, 5) is 15.4. The molecule has 0 aliphatic carbocycles. The van der Waals surface area contributed by atoms with Crippen molar-refractivity contribution >= 4 is 23.2 Å². The number of anilines is 1. The molecule has 1 atom stereocenters. The maximum Gasteiger partial charge on any atom is 0.240 e. The highest BCUT2D eigenvalue weighted by atomic mass is 35.5. The van der Waals surface area contributed by atoms with Crippen molar-refractivity contribution in [3.8, 4) is 0 Å². The largest absolute Gasteiger partial charge is 0.366 e. The van der Waals surface area contributed by atoms with E-state index in [1.807, 2.05) is 11.0 Å². The summed E-state index contributed by atoms with van der Waals surface area (Å²) < 4.78 is 13.6. The van der Waals surface area contributed by atoms with E-state index in [0.717, 1.165) is 0 Å². The molecule has 0 saturated carbocycles. The van der Waals surface area contributed by atoms with E-state index in [1.165, 1.54) is 6.07 Å². The molecule has 1 heterocycles. The van der Waals surface area contributed by atoms with E-state index < -0.39 is 5.38 Å². The van der Waals surface area contributed by atoms with E-state index in [9.17, 15) is 9.18 Å². The standard InChI is InChI=1S/C13H16ClFN2O/c1-10(14)13(18)17-8-6-16(7-9-17)12-5-3-2-4-11(12)15/h2-5,10H,6-9H2,1H3/t10-/m1/s1. The fraction of sp³-hybridized carbons (Fsp3) is 0.462. The summed E-state index contributed by atoms with van der Waals surface area (Å²) in [6.07, 6.45) is 0. The fourth-order valence-corrected chi connectivity index (χ4v) is 2.27. The average Bonchev–Trinajstić information content (AvgIpc) is 2.38. The topological polar surface area (TPSA) is 23.6 Å². The molecule has 1 aliphatic rings. The van der Waals surface area contributed by atoms with Gasteiger partial charge in [-0.15, -0.1) is 11.6 Å². The minimum Gasteiger partial charge on any atom is -0.366 e. The zero-order valence-corrected chi connectivity index (χ0v) is 11.0. The predicted octanol–water partition coefficient (Wildman–Crippen LogP) is 2.10. The molecule has 3 nitrogen and oxygen atoms in total. The van der Waals surface area contributed by atoms with Gasteiger partial charge in [-0.05, 0) is 19.1 Å². The lowest BCUT2D eigenvalue weighted by molar-refractivity contribution is -0.130. The summed E-state index contributed by atoms with van der Waals surface area (Å²) in [6.45, 7) is 4.12. The third-order valence-electron chi connectivity index (χ3n) is 3.12. The van der Waals surface area contributed by atoms with Gasteiger partial charge in [0.1, 0.15) is 11.2 Å². The zero-order valence-electron chi connectivity index (χ0n) is 10.3. The lowest BCUT2D eigenvalue weighted by Gasteiger charge is -2.36. The lowest BCUT2D eigenvalue weighted by Crippen LogP contribution is -2.50. The van der Waals surface area contributed by atoms with Crippen molar-refractivity contribution in [2.75, 3.05) is 31.1 Å². The van der Waals surface area contributed by atoms with Crippen molar-refractivity contribution in [3.63, 3.8) is 0 Å². The Hall–Kier alpha value is -1.29. The Bertz CT molecular complexity index is 431. The van der Waals surface area contributed by atoms with Crippen LogP contribution in [0.3, 0.4) is 0 Å². The van der Waals surface area contributed by atoms with Gasteiger partial charge in [-0.25, -0.2) is 4.39 Å². The summed E-state index contributed by atoms with van der Waals surface area (Å²) in [5.74, 6) is -0.271. The minimum absolute atomic E-state index is 0.0511. The van der Waals surface area contributed by atoms with Gasteiger partial charge in [-0.2, -0.15) is 0 Å². The molecule has 0 bridgehead atoms. The second-order valence-corrected chi connectivity index (χ2v) is 5.03. The van der Waals surface area contributed by atoms with E-state index in [1.54, 1.807) is 24.0 Å². The van der Waals surface area contributed by atoms with Crippen LogP contribution in [0.2, 0.25) is 0 Å². The molecular formula is C13H16ClFN2O. The second kappa shape index (κ2) is 5.57. The van der Waals surface area contributed by atoms with Gasteiger partial charge in [0.2, 0.25) is 5.91 Å². The number of carbonyl (C=O) groups excluding carboxylic acids is 1. The van der Waals surface area contributed by atoms with Gasteiger partial charge in [0.05, 0.1) is 5.69 Å². The molecule has 1 aliphatic heterocycles. The molecule has 18 heavy (non-hydrogen) atoms. The Balaban J connectivity index is 1.99. The van der Waals surface area contributed by atoms with Crippen molar-refractivity contribution < 1.29 is 9.18 Å². The first-order valence-electron chi connectivity index (χ1n) is 6.02. The van der Waals surface area contributed by atoms with Gasteiger partial charge < -0.3 is 9.80 Å². The summed E-state index contributed by atoms with van der Waals surface area (Å²) in [7, 11) is 0. The maximum atomic E-state index is 13.6. The normalized spacial score (nSPS) is 17.7. The van der Waals surface area contributed by atoms with Gasteiger partial charge in [0, 0.05) is 26.2 Å². The van der Waals surface area contributed by atoms with Crippen LogP contribution in [0.5, 0.6) is 0 Å². The van der Waals surface area contributed by atoms with Crippen LogP contribution in [0.4, 0.5) is 10.1 Å². The molecule has 1 saturated heterocycles. The van der Waals surface area contributed by atoms with Gasteiger partial charge in [0.25, 0.3) is 0 Å². The highest BCUT2D eigenvalue weighted by Crippen LogP contribution is 2.20. The first kappa shape index (κ1) is 13.1. The van der Waals surface area contributed by atoms with Crippen LogP contribution in [-0.2, 0) is 4.79 Å². The van der Waals surface area contributed by atoms with Crippen LogP contribution in [0.1, 0.15) is 6.92 Å². The third-order valence-corrected chi connectivity index (χ3v) is 3.31. The third kappa shape index (κ3) is 2.75. The van der Waals surface area contributed by atoms with E-state index in [4.69, 9.17) is 11.6 Å². The predicted molar refractivity (Wildman–Crippen MR) is 70.5 cm³/mol. The van der Waals surface area contributed by atoms with Gasteiger partial charge >= 0.3 is 0 Å². The van der Waals surface area contributed by atoms with Crippen molar-refractivity contribution in [2.45, 2.75) is 12.3 Å². The SMILES string of the molecule is C[C@@H](Cl)C(=O)N1CCN(c2ccccc2F)CC1. The Labute approximate surface area is 111 Å². The lowest BCUT2D eigenvalue weighted by atomic mass is 10.2. The summed E-state index contributed by atoms with van der Waals surface area (Å²) in [6, 6.07) is 6.70. The molecule has 0 spiro atoms. The minimum atomic E-state index is -0.495. The Kier molecular flexibility index (Phi) is 4.07. The molecule has 1 amide bonds. The van der Waals surface area contributed by atoms with Crippen molar-refractivity contribution in [2.24, 2.45) is 0 Å². The van der Waals surface area contributed by atoms with Gasteiger partial charge in [-0.1, -0.05) is 12.1 Å². The number of alkyl halides is 1. The summed E-state index contributed by atoms with van der Waals surface area (Å²) in [5, 5.41) is -0.495.